The van der Waals surface area contributed by atoms with Gasteiger partial charge in [-0.1, -0.05) is 33.6 Å². The van der Waals surface area contributed by atoms with E-state index in [4.69, 9.17) is 15.2 Å². The molecule has 0 spiro atoms. The van der Waals surface area contributed by atoms with Gasteiger partial charge in [-0.3, -0.25) is 4.79 Å². The van der Waals surface area contributed by atoms with Gasteiger partial charge < -0.3 is 15.2 Å². The SMILES string of the molecule is CCCO[C@@H]1[C@@H](CCC(C)C)CCC[C@H](N)C(=O)O[C@H]1C. The van der Waals surface area contributed by atoms with Crippen molar-refractivity contribution in [1.82, 2.24) is 0 Å². The average Bonchev–Trinajstić information content (AvgIpc) is 2.47. The summed E-state index contributed by atoms with van der Waals surface area (Å²) in [6, 6.07) is -0.483. The fraction of sp³-hybridized carbons (Fsp3) is 0.941. The van der Waals surface area contributed by atoms with Gasteiger partial charge in [0, 0.05) is 6.61 Å². The lowest BCUT2D eigenvalue weighted by Gasteiger charge is -2.31. The van der Waals surface area contributed by atoms with Crippen LogP contribution in [0.4, 0.5) is 0 Å². The van der Waals surface area contributed by atoms with Crippen LogP contribution in [0.5, 0.6) is 0 Å². The van der Waals surface area contributed by atoms with Gasteiger partial charge in [0.2, 0.25) is 0 Å². The topological polar surface area (TPSA) is 61.5 Å². The van der Waals surface area contributed by atoms with Crippen LogP contribution in [0, 0.1) is 11.8 Å². The normalized spacial score (nSPS) is 31.4. The van der Waals surface area contributed by atoms with Gasteiger partial charge in [0.05, 0.1) is 6.10 Å². The molecule has 4 atom stereocenters. The quantitative estimate of drug-likeness (QED) is 0.765. The first-order valence-electron chi connectivity index (χ1n) is 8.53. The van der Waals surface area contributed by atoms with Crippen LogP contribution in [0.1, 0.15) is 66.2 Å². The Hall–Kier alpha value is -0.610. The van der Waals surface area contributed by atoms with Gasteiger partial charge >= 0.3 is 5.97 Å². The molecule has 1 aliphatic rings. The van der Waals surface area contributed by atoms with E-state index in [-0.39, 0.29) is 18.2 Å². The molecular weight excluding hydrogens is 266 g/mol. The Bertz CT molecular complexity index is 306. The zero-order chi connectivity index (χ0) is 15.8. The third-order valence-corrected chi connectivity index (χ3v) is 4.25. The van der Waals surface area contributed by atoms with E-state index in [1.807, 2.05) is 6.92 Å². The molecule has 0 amide bonds. The van der Waals surface area contributed by atoms with E-state index in [2.05, 4.69) is 20.8 Å². The largest absolute Gasteiger partial charge is 0.459 e. The third-order valence-electron chi connectivity index (χ3n) is 4.25. The maximum absolute atomic E-state index is 11.9. The molecular formula is C17H33NO3. The van der Waals surface area contributed by atoms with Gasteiger partial charge in [0.15, 0.2) is 0 Å². The summed E-state index contributed by atoms with van der Waals surface area (Å²) >= 11 is 0. The molecule has 1 aliphatic heterocycles. The number of cyclic esters (lactones) is 1. The van der Waals surface area contributed by atoms with Crippen LogP contribution in [0.3, 0.4) is 0 Å². The first-order chi connectivity index (χ1) is 9.95. The second-order valence-corrected chi connectivity index (χ2v) is 6.75. The van der Waals surface area contributed by atoms with E-state index >= 15 is 0 Å². The molecule has 0 radical (unpaired) electrons. The molecule has 0 aliphatic carbocycles. The second kappa shape index (κ2) is 9.42. The fourth-order valence-corrected chi connectivity index (χ4v) is 2.98. The lowest BCUT2D eigenvalue weighted by atomic mass is 9.86. The smallest absolute Gasteiger partial charge is 0.323 e. The van der Waals surface area contributed by atoms with Crippen molar-refractivity contribution in [1.29, 1.82) is 0 Å². The van der Waals surface area contributed by atoms with Gasteiger partial charge in [0.25, 0.3) is 0 Å². The monoisotopic (exact) mass is 299 g/mol. The minimum absolute atomic E-state index is 0.00190. The standard InChI is InChI=1S/C17H33NO3/c1-5-11-20-16-13(4)21-17(19)15(18)8-6-7-14(16)10-9-12(2)3/h12-16H,5-11,18H2,1-4H3/t13-,14+,15-,16-/m0/s1. The molecule has 1 saturated heterocycles. The number of rotatable bonds is 6. The number of carbonyl (C=O) groups is 1. The van der Waals surface area contributed by atoms with Gasteiger partial charge in [-0.05, 0) is 44.4 Å². The van der Waals surface area contributed by atoms with Crippen molar-refractivity contribution in [3.8, 4) is 0 Å². The molecule has 21 heavy (non-hydrogen) atoms. The second-order valence-electron chi connectivity index (χ2n) is 6.75. The van der Waals surface area contributed by atoms with Crippen molar-refractivity contribution in [2.75, 3.05) is 6.61 Å². The molecule has 1 heterocycles. The Labute approximate surface area is 129 Å². The summed E-state index contributed by atoms with van der Waals surface area (Å²) in [4.78, 5) is 11.9. The van der Waals surface area contributed by atoms with Gasteiger partial charge in [-0.25, -0.2) is 0 Å². The minimum Gasteiger partial charge on any atom is -0.459 e. The molecule has 0 aromatic heterocycles. The maximum atomic E-state index is 11.9. The summed E-state index contributed by atoms with van der Waals surface area (Å²) in [6.45, 7) is 9.26. The predicted molar refractivity (Wildman–Crippen MR) is 85.0 cm³/mol. The molecule has 0 bridgehead atoms. The summed E-state index contributed by atoms with van der Waals surface area (Å²) in [7, 11) is 0. The molecule has 0 aromatic carbocycles. The Morgan fingerprint density at radius 3 is 2.71 bits per heavy atom. The molecule has 124 valence electrons. The highest BCUT2D eigenvalue weighted by Crippen LogP contribution is 2.28. The van der Waals surface area contributed by atoms with Gasteiger partial charge in [0.1, 0.15) is 12.1 Å². The molecule has 1 fully saturated rings. The van der Waals surface area contributed by atoms with Crippen LogP contribution in [-0.2, 0) is 14.3 Å². The summed E-state index contributed by atoms with van der Waals surface area (Å²) in [6.07, 6.45) is 5.82. The summed E-state index contributed by atoms with van der Waals surface area (Å²) in [5.74, 6) is 0.855. The summed E-state index contributed by atoms with van der Waals surface area (Å²) < 4.78 is 11.6. The minimum atomic E-state index is -0.483. The maximum Gasteiger partial charge on any atom is 0.323 e. The molecule has 0 saturated carbocycles. The van der Waals surface area contributed by atoms with Crippen LogP contribution in [0.25, 0.3) is 0 Å². The number of hydrogen-bond donors (Lipinski definition) is 1. The first kappa shape index (κ1) is 18.4. The Balaban J connectivity index is 2.78. The van der Waals surface area contributed by atoms with E-state index in [0.29, 0.717) is 18.3 Å². The number of ether oxygens (including phenoxy) is 2. The molecule has 0 unspecified atom stereocenters. The highest BCUT2D eigenvalue weighted by molar-refractivity contribution is 5.75. The van der Waals surface area contributed by atoms with E-state index in [9.17, 15) is 4.79 Å². The molecule has 0 aromatic rings. The predicted octanol–water partition coefficient (Wildman–Crippen LogP) is 3.28. The van der Waals surface area contributed by atoms with Gasteiger partial charge in [-0.2, -0.15) is 0 Å². The van der Waals surface area contributed by atoms with E-state index in [1.165, 1.54) is 6.42 Å². The van der Waals surface area contributed by atoms with Crippen molar-refractivity contribution < 1.29 is 14.3 Å². The molecule has 2 N–H and O–H groups in total. The zero-order valence-corrected chi connectivity index (χ0v) is 14.1. The molecule has 4 heteroatoms. The Morgan fingerprint density at radius 2 is 2.10 bits per heavy atom. The highest BCUT2D eigenvalue weighted by atomic mass is 16.6. The van der Waals surface area contributed by atoms with Crippen LogP contribution < -0.4 is 5.73 Å². The first-order valence-corrected chi connectivity index (χ1v) is 8.53. The Kier molecular flexibility index (Phi) is 8.27. The van der Waals surface area contributed by atoms with E-state index in [1.54, 1.807) is 0 Å². The van der Waals surface area contributed by atoms with Crippen LogP contribution in [0.15, 0.2) is 0 Å². The van der Waals surface area contributed by atoms with Crippen molar-refractivity contribution in [2.24, 2.45) is 17.6 Å². The lowest BCUT2D eigenvalue weighted by molar-refractivity contribution is -0.160. The van der Waals surface area contributed by atoms with Crippen molar-refractivity contribution in [3.63, 3.8) is 0 Å². The number of carbonyl (C=O) groups excluding carboxylic acids is 1. The van der Waals surface area contributed by atoms with Gasteiger partial charge in [-0.15, -0.1) is 0 Å². The number of hydrogen-bond acceptors (Lipinski definition) is 4. The van der Waals surface area contributed by atoms with E-state index in [0.717, 1.165) is 32.3 Å². The average molecular weight is 299 g/mol. The van der Waals surface area contributed by atoms with Crippen LogP contribution in [0.2, 0.25) is 0 Å². The Morgan fingerprint density at radius 1 is 1.38 bits per heavy atom. The fourth-order valence-electron chi connectivity index (χ4n) is 2.98. The van der Waals surface area contributed by atoms with Crippen molar-refractivity contribution >= 4 is 5.97 Å². The lowest BCUT2D eigenvalue weighted by Crippen LogP contribution is -2.40. The molecule has 4 nitrogen and oxygen atoms in total. The molecule has 1 rings (SSSR count). The number of esters is 1. The van der Waals surface area contributed by atoms with Crippen molar-refractivity contribution in [3.05, 3.63) is 0 Å². The van der Waals surface area contributed by atoms with E-state index < -0.39 is 6.04 Å². The van der Waals surface area contributed by atoms with Crippen molar-refractivity contribution in [2.45, 2.75) is 84.5 Å². The third kappa shape index (κ3) is 6.35. The summed E-state index contributed by atoms with van der Waals surface area (Å²) in [5.41, 5.74) is 5.88. The van der Waals surface area contributed by atoms with Crippen LogP contribution in [-0.4, -0.2) is 30.8 Å². The summed E-state index contributed by atoms with van der Waals surface area (Å²) in [5, 5.41) is 0. The number of nitrogens with two attached hydrogens (primary N) is 1. The zero-order valence-electron chi connectivity index (χ0n) is 14.1. The van der Waals surface area contributed by atoms with Crippen LogP contribution >= 0.6 is 0 Å². The highest BCUT2D eigenvalue weighted by Gasteiger charge is 2.33.